The lowest BCUT2D eigenvalue weighted by atomic mass is 10.0. The number of rotatable bonds is 8. The minimum atomic E-state index is 0.325. The Labute approximate surface area is 126 Å². The highest BCUT2D eigenvalue weighted by molar-refractivity contribution is 5.48. The van der Waals surface area contributed by atoms with Gasteiger partial charge < -0.3 is 14.8 Å². The van der Waals surface area contributed by atoms with Crippen LogP contribution in [0.2, 0.25) is 0 Å². The zero-order valence-electron chi connectivity index (χ0n) is 12.7. The van der Waals surface area contributed by atoms with Gasteiger partial charge in [-0.2, -0.15) is 0 Å². The predicted molar refractivity (Wildman–Crippen MR) is 86.9 cm³/mol. The SMILES string of the molecule is CCC(Nc1ccc(OCCOC)cc1)c1ccccc1. The predicted octanol–water partition coefficient (Wildman–Crippen LogP) is 4.28. The molecule has 0 heterocycles. The van der Waals surface area contributed by atoms with Crippen LogP contribution in [0, 0.1) is 0 Å². The molecule has 0 radical (unpaired) electrons. The van der Waals surface area contributed by atoms with E-state index < -0.39 is 0 Å². The molecule has 1 atom stereocenters. The Morgan fingerprint density at radius 1 is 0.952 bits per heavy atom. The van der Waals surface area contributed by atoms with E-state index in [-0.39, 0.29) is 0 Å². The van der Waals surface area contributed by atoms with Crippen molar-refractivity contribution < 1.29 is 9.47 Å². The molecule has 0 fully saturated rings. The van der Waals surface area contributed by atoms with E-state index in [4.69, 9.17) is 9.47 Å². The largest absolute Gasteiger partial charge is 0.491 e. The molecule has 0 saturated heterocycles. The average molecular weight is 285 g/mol. The number of methoxy groups -OCH3 is 1. The second-order valence-corrected chi connectivity index (χ2v) is 4.88. The molecule has 21 heavy (non-hydrogen) atoms. The van der Waals surface area contributed by atoms with Gasteiger partial charge in [0.15, 0.2) is 0 Å². The zero-order chi connectivity index (χ0) is 14.9. The molecule has 112 valence electrons. The smallest absolute Gasteiger partial charge is 0.119 e. The van der Waals surface area contributed by atoms with E-state index in [0.29, 0.717) is 19.3 Å². The Hall–Kier alpha value is -2.00. The molecule has 0 aliphatic carbocycles. The van der Waals surface area contributed by atoms with Gasteiger partial charge in [-0.1, -0.05) is 37.3 Å². The van der Waals surface area contributed by atoms with Crippen molar-refractivity contribution >= 4 is 5.69 Å². The molecule has 0 saturated carbocycles. The fourth-order valence-electron chi connectivity index (χ4n) is 2.20. The summed E-state index contributed by atoms with van der Waals surface area (Å²) in [6.45, 7) is 3.36. The molecular weight excluding hydrogens is 262 g/mol. The minimum absolute atomic E-state index is 0.325. The van der Waals surface area contributed by atoms with Gasteiger partial charge in [0.05, 0.1) is 12.6 Å². The third-order valence-electron chi connectivity index (χ3n) is 3.36. The van der Waals surface area contributed by atoms with Gasteiger partial charge in [0.25, 0.3) is 0 Å². The van der Waals surface area contributed by atoms with Crippen LogP contribution in [0.15, 0.2) is 54.6 Å². The van der Waals surface area contributed by atoms with Crippen molar-refractivity contribution in [3.63, 3.8) is 0 Å². The molecule has 0 aromatic heterocycles. The molecule has 3 heteroatoms. The topological polar surface area (TPSA) is 30.5 Å². The summed E-state index contributed by atoms with van der Waals surface area (Å²) in [6.07, 6.45) is 1.04. The molecule has 2 rings (SSSR count). The van der Waals surface area contributed by atoms with Gasteiger partial charge in [-0.25, -0.2) is 0 Å². The van der Waals surface area contributed by atoms with Crippen LogP contribution in [0.25, 0.3) is 0 Å². The van der Waals surface area contributed by atoms with Crippen molar-refractivity contribution in [1.82, 2.24) is 0 Å². The molecule has 0 amide bonds. The van der Waals surface area contributed by atoms with Gasteiger partial charge in [-0.05, 0) is 36.2 Å². The highest BCUT2D eigenvalue weighted by Gasteiger charge is 2.08. The van der Waals surface area contributed by atoms with E-state index in [1.54, 1.807) is 7.11 Å². The standard InChI is InChI=1S/C18H23NO2/c1-3-18(15-7-5-4-6-8-15)19-16-9-11-17(12-10-16)21-14-13-20-2/h4-12,18-19H,3,13-14H2,1-2H3. The number of nitrogens with one attached hydrogen (secondary N) is 1. The number of ether oxygens (including phenoxy) is 2. The summed E-state index contributed by atoms with van der Waals surface area (Å²) in [5.41, 5.74) is 2.41. The van der Waals surface area contributed by atoms with E-state index in [1.165, 1.54) is 5.56 Å². The summed E-state index contributed by atoms with van der Waals surface area (Å²) >= 11 is 0. The van der Waals surface area contributed by atoms with E-state index in [9.17, 15) is 0 Å². The first kappa shape index (κ1) is 15.4. The highest BCUT2D eigenvalue weighted by atomic mass is 16.5. The molecule has 0 aliphatic rings. The summed E-state index contributed by atoms with van der Waals surface area (Å²) in [4.78, 5) is 0. The Balaban J connectivity index is 1.95. The molecule has 0 spiro atoms. The summed E-state index contributed by atoms with van der Waals surface area (Å²) in [6, 6.07) is 18.9. The zero-order valence-corrected chi connectivity index (χ0v) is 12.7. The van der Waals surface area contributed by atoms with Crippen LogP contribution in [0.5, 0.6) is 5.75 Å². The van der Waals surface area contributed by atoms with Crippen LogP contribution >= 0.6 is 0 Å². The molecule has 0 aliphatic heterocycles. The fourth-order valence-corrected chi connectivity index (χ4v) is 2.20. The molecule has 3 nitrogen and oxygen atoms in total. The van der Waals surface area contributed by atoms with E-state index in [2.05, 4.69) is 36.5 Å². The number of hydrogen-bond donors (Lipinski definition) is 1. The normalized spacial score (nSPS) is 11.9. The number of benzene rings is 2. The first-order chi connectivity index (χ1) is 10.3. The average Bonchev–Trinajstić information content (AvgIpc) is 2.55. The Kier molecular flexibility index (Phi) is 6.10. The van der Waals surface area contributed by atoms with Gasteiger partial charge in [0.1, 0.15) is 12.4 Å². The Bertz CT molecular complexity index is 511. The lowest BCUT2D eigenvalue weighted by molar-refractivity contribution is 0.146. The van der Waals surface area contributed by atoms with Crippen molar-refractivity contribution in [2.45, 2.75) is 19.4 Å². The monoisotopic (exact) mass is 285 g/mol. The number of hydrogen-bond acceptors (Lipinski definition) is 3. The fraction of sp³-hybridized carbons (Fsp3) is 0.333. The van der Waals surface area contributed by atoms with Crippen LogP contribution in [0.1, 0.15) is 24.9 Å². The van der Waals surface area contributed by atoms with Crippen molar-refractivity contribution in [1.29, 1.82) is 0 Å². The van der Waals surface area contributed by atoms with Crippen molar-refractivity contribution in [2.24, 2.45) is 0 Å². The molecule has 2 aromatic rings. The third kappa shape index (κ3) is 4.80. The second kappa shape index (κ2) is 8.32. The first-order valence-corrected chi connectivity index (χ1v) is 7.36. The van der Waals surface area contributed by atoms with Crippen LogP contribution in [-0.4, -0.2) is 20.3 Å². The van der Waals surface area contributed by atoms with Gasteiger partial charge in [0.2, 0.25) is 0 Å². The molecule has 1 N–H and O–H groups in total. The Morgan fingerprint density at radius 2 is 1.67 bits per heavy atom. The van der Waals surface area contributed by atoms with Crippen LogP contribution in [0.4, 0.5) is 5.69 Å². The minimum Gasteiger partial charge on any atom is -0.491 e. The highest BCUT2D eigenvalue weighted by Crippen LogP contribution is 2.23. The lowest BCUT2D eigenvalue weighted by Gasteiger charge is -2.19. The summed E-state index contributed by atoms with van der Waals surface area (Å²) in [5, 5.41) is 3.56. The van der Waals surface area contributed by atoms with Crippen molar-refractivity contribution in [3.8, 4) is 5.75 Å². The lowest BCUT2D eigenvalue weighted by Crippen LogP contribution is -2.09. The number of anilines is 1. The summed E-state index contributed by atoms with van der Waals surface area (Å²) < 4.78 is 10.5. The van der Waals surface area contributed by atoms with Gasteiger partial charge in [-0.15, -0.1) is 0 Å². The quantitative estimate of drug-likeness (QED) is 0.734. The summed E-state index contributed by atoms with van der Waals surface area (Å²) in [5.74, 6) is 0.866. The van der Waals surface area contributed by atoms with Gasteiger partial charge in [-0.3, -0.25) is 0 Å². The van der Waals surface area contributed by atoms with Gasteiger partial charge >= 0.3 is 0 Å². The van der Waals surface area contributed by atoms with E-state index >= 15 is 0 Å². The molecule has 2 aromatic carbocycles. The molecular formula is C18H23NO2. The van der Waals surface area contributed by atoms with E-state index in [0.717, 1.165) is 17.9 Å². The second-order valence-electron chi connectivity index (χ2n) is 4.88. The maximum Gasteiger partial charge on any atom is 0.119 e. The van der Waals surface area contributed by atoms with E-state index in [1.807, 2.05) is 30.3 Å². The van der Waals surface area contributed by atoms with Gasteiger partial charge in [0, 0.05) is 12.8 Å². The van der Waals surface area contributed by atoms with Crippen molar-refractivity contribution in [2.75, 3.05) is 25.6 Å². The van der Waals surface area contributed by atoms with Crippen molar-refractivity contribution in [3.05, 3.63) is 60.2 Å². The molecule has 1 unspecified atom stereocenters. The maximum absolute atomic E-state index is 5.56. The van der Waals surface area contributed by atoms with Crippen LogP contribution in [0.3, 0.4) is 0 Å². The molecule has 0 bridgehead atoms. The maximum atomic E-state index is 5.56. The summed E-state index contributed by atoms with van der Waals surface area (Å²) in [7, 11) is 1.67. The Morgan fingerprint density at radius 3 is 2.29 bits per heavy atom. The third-order valence-corrected chi connectivity index (χ3v) is 3.36. The van der Waals surface area contributed by atoms with Crippen LogP contribution in [-0.2, 0) is 4.74 Å². The first-order valence-electron chi connectivity index (χ1n) is 7.36. The van der Waals surface area contributed by atoms with Crippen LogP contribution < -0.4 is 10.1 Å².